The molecule has 0 atom stereocenters. The van der Waals surface area contributed by atoms with Crippen molar-refractivity contribution in [2.75, 3.05) is 52.7 Å². The summed E-state index contributed by atoms with van der Waals surface area (Å²) in [6.07, 6.45) is 3.17. The van der Waals surface area contributed by atoms with E-state index in [4.69, 9.17) is 18.9 Å². The van der Waals surface area contributed by atoms with Gasteiger partial charge < -0.3 is 23.8 Å². The third-order valence-corrected chi connectivity index (χ3v) is 4.52. The molecular formula is C21H32N2O8. The fourth-order valence-corrected chi connectivity index (χ4v) is 2.86. The van der Waals surface area contributed by atoms with Crippen LogP contribution in [0.25, 0.3) is 0 Å². The van der Waals surface area contributed by atoms with Gasteiger partial charge in [0.1, 0.15) is 18.8 Å². The standard InChI is InChI=1S/C21H32N2O8/c1-5-17(24)30-15-13-28-11-7-9-22-19(26)21(3,4)23(20(22)27)10-8-12-29-14-16-31-18(25)6-2/h5-6H,1-2,7-16H2,3-4H3. The predicted octanol–water partition coefficient (Wildman–Crippen LogP) is 1.30. The van der Waals surface area contributed by atoms with E-state index in [1.807, 2.05) is 0 Å². The van der Waals surface area contributed by atoms with E-state index in [1.165, 1.54) is 9.80 Å². The molecule has 0 bridgehead atoms. The van der Waals surface area contributed by atoms with Crippen LogP contribution in [0.3, 0.4) is 0 Å². The normalized spacial score (nSPS) is 15.2. The lowest BCUT2D eigenvalue weighted by atomic mass is 10.0. The first-order valence-corrected chi connectivity index (χ1v) is 10.1. The molecule has 1 aliphatic rings. The number of nitrogens with zero attached hydrogens (tertiary/aromatic N) is 2. The molecular weight excluding hydrogens is 408 g/mol. The SMILES string of the molecule is C=CC(=O)OCCOCCCN1C(=O)N(CCCOCCOC(=O)C=C)C(C)(C)C1=O. The topological polar surface area (TPSA) is 112 Å². The summed E-state index contributed by atoms with van der Waals surface area (Å²) in [6.45, 7) is 12.0. The van der Waals surface area contributed by atoms with Gasteiger partial charge in [0.25, 0.3) is 5.91 Å². The number of hydrogen-bond donors (Lipinski definition) is 0. The summed E-state index contributed by atoms with van der Waals surface area (Å²) in [7, 11) is 0. The van der Waals surface area contributed by atoms with Crippen LogP contribution in [0.5, 0.6) is 0 Å². The summed E-state index contributed by atoms with van der Waals surface area (Å²) in [5.41, 5.74) is -0.934. The lowest BCUT2D eigenvalue weighted by Crippen LogP contribution is -2.44. The van der Waals surface area contributed by atoms with Gasteiger partial charge in [0.15, 0.2) is 0 Å². The van der Waals surface area contributed by atoms with Crippen molar-refractivity contribution in [1.29, 1.82) is 0 Å². The quantitative estimate of drug-likeness (QED) is 0.153. The molecule has 1 rings (SSSR count). The number of hydrogen-bond acceptors (Lipinski definition) is 8. The van der Waals surface area contributed by atoms with Gasteiger partial charge in [-0.25, -0.2) is 14.4 Å². The van der Waals surface area contributed by atoms with Crippen LogP contribution in [-0.2, 0) is 33.3 Å². The van der Waals surface area contributed by atoms with Crippen molar-refractivity contribution in [2.24, 2.45) is 0 Å². The number of ether oxygens (including phenoxy) is 4. The highest BCUT2D eigenvalue weighted by molar-refractivity contribution is 6.06. The molecule has 0 N–H and O–H groups in total. The van der Waals surface area contributed by atoms with E-state index >= 15 is 0 Å². The summed E-state index contributed by atoms with van der Waals surface area (Å²) >= 11 is 0. The van der Waals surface area contributed by atoms with Crippen molar-refractivity contribution in [1.82, 2.24) is 9.80 Å². The minimum Gasteiger partial charge on any atom is -0.460 e. The molecule has 0 aromatic rings. The second-order valence-electron chi connectivity index (χ2n) is 7.13. The number of carbonyl (C=O) groups is 4. The van der Waals surface area contributed by atoms with Gasteiger partial charge in [0.2, 0.25) is 0 Å². The Kier molecular flexibility index (Phi) is 11.5. The van der Waals surface area contributed by atoms with Crippen molar-refractivity contribution in [3.8, 4) is 0 Å². The van der Waals surface area contributed by atoms with Gasteiger partial charge >= 0.3 is 18.0 Å². The third-order valence-electron chi connectivity index (χ3n) is 4.52. The van der Waals surface area contributed by atoms with E-state index in [0.717, 1.165) is 12.2 Å². The Hall–Kier alpha value is -2.72. The zero-order valence-corrected chi connectivity index (χ0v) is 18.3. The zero-order valence-electron chi connectivity index (χ0n) is 18.3. The summed E-state index contributed by atoms with van der Waals surface area (Å²) in [4.78, 5) is 49.9. The molecule has 0 saturated carbocycles. The van der Waals surface area contributed by atoms with Crippen LogP contribution in [0.4, 0.5) is 4.79 Å². The molecule has 174 valence electrons. The van der Waals surface area contributed by atoms with Crippen molar-refractivity contribution >= 4 is 23.9 Å². The van der Waals surface area contributed by atoms with E-state index in [-0.39, 0.29) is 44.9 Å². The Labute approximate surface area is 182 Å². The molecule has 10 heteroatoms. The second-order valence-corrected chi connectivity index (χ2v) is 7.13. The van der Waals surface area contributed by atoms with Gasteiger partial charge in [-0.05, 0) is 26.7 Å². The lowest BCUT2D eigenvalue weighted by Gasteiger charge is -2.27. The molecule has 0 unspecified atom stereocenters. The van der Waals surface area contributed by atoms with Crippen molar-refractivity contribution in [3.63, 3.8) is 0 Å². The lowest BCUT2D eigenvalue weighted by molar-refractivity contribution is -0.140. The first-order chi connectivity index (χ1) is 14.8. The van der Waals surface area contributed by atoms with Gasteiger partial charge in [-0.2, -0.15) is 0 Å². The Morgan fingerprint density at radius 2 is 1.32 bits per heavy atom. The minimum absolute atomic E-state index is 0.117. The van der Waals surface area contributed by atoms with Crippen molar-refractivity contribution in [2.45, 2.75) is 32.2 Å². The highest BCUT2D eigenvalue weighted by Crippen LogP contribution is 2.27. The van der Waals surface area contributed by atoms with Crippen molar-refractivity contribution < 1.29 is 38.1 Å². The van der Waals surface area contributed by atoms with E-state index in [1.54, 1.807) is 13.8 Å². The Morgan fingerprint density at radius 3 is 1.81 bits per heavy atom. The van der Waals surface area contributed by atoms with Crippen LogP contribution in [0.1, 0.15) is 26.7 Å². The maximum atomic E-state index is 12.7. The van der Waals surface area contributed by atoms with E-state index < -0.39 is 17.5 Å². The molecule has 0 aliphatic carbocycles. The minimum atomic E-state index is -0.934. The highest BCUT2D eigenvalue weighted by Gasteiger charge is 2.50. The third kappa shape index (κ3) is 8.50. The smallest absolute Gasteiger partial charge is 0.330 e. The maximum absolute atomic E-state index is 12.7. The summed E-state index contributed by atoms with van der Waals surface area (Å²) in [5.74, 6) is -1.27. The second kappa shape index (κ2) is 13.6. The van der Waals surface area contributed by atoms with Crippen LogP contribution in [0.2, 0.25) is 0 Å². The van der Waals surface area contributed by atoms with Crippen LogP contribution in [-0.4, -0.2) is 91.9 Å². The monoisotopic (exact) mass is 440 g/mol. The zero-order chi connectivity index (χ0) is 23.3. The first kappa shape index (κ1) is 26.3. The fraction of sp³-hybridized carbons (Fsp3) is 0.619. The van der Waals surface area contributed by atoms with E-state index in [2.05, 4.69) is 13.2 Å². The Balaban J connectivity index is 2.30. The number of amides is 3. The number of rotatable bonds is 16. The van der Waals surface area contributed by atoms with Crippen LogP contribution < -0.4 is 0 Å². The average molecular weight is 440 g/mol. The molecule has 10 nitrogen and oxygen atoms in total. The number of esters is 2. The number of carbonyl (C=O) groups excluding carboxylic acids is 4. The van der Waals surface area contributed by atoms with Crippen molar-refractivity contribution in [3.05, 3.63) is 25.3 Å². The maximum Gasteiger partial charge on any atom is 0.330 e. The molecule has 1 aliphatic heterocycles. The van der Waals surface area contributed by atoms with Gasteiger partial charge in [-0.15, -0.1) is 0 Å². The molecule has 0 aromatic heterocycles. The molecule has 1 fully saturated rings. The van der Waals surface area contributed by atoms with Gasteiger partial charge in [0.05, 0.1) is 13.2 Å². The number of urea groups is 1. The van der Waals surface area contributed by atoms with Crippen LogP contribution >= 0.6 is 0 Å². The summed E-state index contributed by atoms with van der Waals surface area (Å²) < 4.78 is 20.3. The summed E-state index contributed by atoms with van der Waals surface area (Å²) in [6, 6.07) is -0.338. The largest absolute Gasteiger partial charge is 0.460 e. The van der Waals surface area contributed by atoms with E-state index in [0.29, 0.717) is 32.6 Å². The van der Waals surface area contributed by atoms with E-state index in [9.17, 15) is 19.2 Å². The summed E-state index contributed by atoms with van der Waals surface area (Å²) in [5, 5.41) is 0. The molecule has 3 amide bonds. The molecule has 31 heavy (non-hydrogen) atoms. The Bertz CT molecular complexity index is 662. The van der Waals surface area contributed by atoms with Crippen LogP contribution in [0.15, 0.2) is 25.3 Å². The molecule has 0 radical (unpaired) electrons. The fourth-order valence-electron chi connectivity index (χ4n) is 2.86. The first-order valence-electron chi connectivity index (χ1n) is 10.1. The molecule has 0 aromatic carbocycles. The molecule has 1 saturated heterocycles. The Morgan fingerprint density at radius 1 is 0.839 bits per heavy atom. The van der Waals surface area contributed by atoms with Gasteiger partial charge in [-0.1, -0.05) is 13.2 Å². The molecule has 1 heterocycles. The number of imide groups is 1. The molecule has 0 spiro atoms. The highest BCUT2D eigenvalue weighted by atomic mass is 16.6. The van der Waals surface area contributed by atoms with Gasteiger partial charge in [-0.3, -0.25) is 9.69 Å². The average Bonchev–Trinajstić information content (AvgIpc) is 2.91. The van der Waals surface area contributed by atoms with Gasteiger partial charge in [0, 0.05) is 38.5 Å². The predicted molar refractivity (Wildman–Crippen MR) is 111 cm³/mol. The van der Waals surface area contributed by atoms with Crippen LogP contribution in [0, 0.1) is 0 Å².